The summed E-state index contributed by atoms with van der Waals surface area (Å²) in [4.78, 5) is 10.9. The van der Waals surface area contributed by atoms with Crippen LogP contribution in [0.15, 0.2) is 18.3 Å². The van der Waals surface area contributed by atoms with E-state index >= 15 is 0 Å². The highest BCUT2D eigenvalue weighted by atomic mass is 16.5. The number of hydrogen-bond acceptors (Lipinski definition) is 4. The molecule has 100 valence electrons. The lowest BCUT2D eigenvalue weighted by Gasteiger charge is -2.07. The fourth-order valence-corrected chi connectivity index (χ4v) is 1.45. The summed E-state index contributed by atoms with van der Waals surface area (Å²) in [5.74, 6) is -0.960. The van der Waals surface area contributed by atoms with Crippen molar-refractivity contribution in [1.29, 1.82) is 0 Å². The number of rotatable bonds is 8. The van der Waals surface area contributed by atoms with Crippen LogP contribution in [0, 0.1) is 0 Å². The third-order valence-electron chi connectivity index (χ3n) is 2.36. The van der Waals surface area contributed by atoms with Crippen molar-refractivity contribution < 1.29 is 14.6 Å². The highest BCUT2D eigenvalue weighted by Gasteiger charge is 2.13. The zero-order chi connectivity index (χ0) is 13.5. The first-order valence-corrected chi connectivity index (χ1v) is 5.69. The summed E-state index contributed by atoms with van der Waals surface area (Å²) in [7, 11) is 1.72. The predicted molar refractivity (Wildman–Crippen MR) is 67.5 cm³/mol. The maximum atomic E-state index is 10.9. The van der Waals surface area contributed by atoms with Gasteiger partial charge in [0.05, 0.1) is 25.1 Å². The Kier molecular flexibility index (Phi) is 5.54. The van der Waals surface area contributed by atoms with E-state index in [-0.39, 0.29) is 5.56 Å². The molecule has 6 nitrogen and oxygen atoms in total. The van der Waals surface area contributed by atoms with Gasteiger partial charge in [-0.1, -0.05) is 12.2 Å². The van der Waals surface area contributed by atoms with Crippen LogP contribution in [0.1, 0.15) is 23.0 Å². The normalized spacial score (nSPS) is 10.6. The van der Waals surface area contributed by atoms with Crippen molar-refractivity contribution in [3.05, 3.63) is 29.6 Å². The minimum Gasteiger partial charge on any atom is -0.478 e. The van der Waals surface area contributed by atoms with E-state index < -0.39 is 5.97 Å². The molecule has 0 aliphatic heterocycles. The lowest BCUT2D eigenvalue weighted by Crippen LogP contribution is -2.22. The first kappa shape index (κ1) is 14.4. The van der Waals surface area contributed by atoms with Crippen LogP contribution in [0.4, 0.5) is 0 Å². The van der Waals surface area contributed by atoms with Crippen LogP contribution >= 0.6 is 0 Å². The van der Waals surface area contributed by atoms with Crippen LogP contribution in [0.2, 0.25) is 0 Å². The van der Waals surface area contributed by atoms with Gasteiger partial charge in [0.1, 0.15) is 5.56 Å². The zero-order valence-electron chi connectivity index (χ0n) is 10.8. The Labute approximate surface area is 106 Å². The summed E-state index contributed by atoms with van der Waals surface area (Å²) >= 11 is 0. The van der Waals surface area contributed by atoms with Crippen LogP contribution in [0.25, 0.3) is 0 Å². The molecule has 0 radical (unpaired) electrons. The molecule has 1 heterocycles. The first-order chi connectivity index (χ1) is 8.52. The number of nitrogens with one attached hydrogen (secondary N) is 1. The van der Waals surface area contributed by atoms with Gasteiger partial charge in [-0.05, 0) is 6.92 Å². The number of carbonyl (C=O) groups is 1. The second kappa shape index (κ2) is 6.93. The Morgan fingerprint density at radius 2 is 2.39 bits per heavy atom. The number of aromatic carboxylic acids is 1. The molecule has 0 spiro atoms. The van der Waals surface area contributed by atoms with Gasteiger partial charge < -0.3 is 15.2 Å². The number of aryl methyl sites for hydroxylation is 1. The van der Waals surface area contributed by atoms with E-state index in [0.717, 1.165) is 5.57 Å². The van der Waals surface area contributed by atoms with Gasteiger partial charge in [0, 0.05) is 20.1 Å². The van der Waals surface area contributed by atoms with Gasteiger partial charge in [-0.2, -0.15) is 5.10 Å². The SMILES string of the molecule is C=C(C)COCCNCc1c(C(=O)O)cnn1C. The van der Waals surface area contributed by atoms with Gasteiger partial charge in [0.15, 0.2) is 0 Å². The number of ether oxygens (including phenoxy) is 1. The molecule has 2 N–H and O–H groups in total. The van der Waals surface area contributed by atoms with Gasteiger partial charge in [0.2, 0.25) is 0 Å². The number of hydrogen-bond donors (Lipinski definition) is 2. The molecule has 1 aromatic heterocycles. The molecule has 0 aliphatic rings. The topological polar surface area (TPSA) is 76.4 Å². The first-order valence-electron chi connectivity index (χ1n) is 5.69. The second-order valence-corrected chi connectivity index (χ2v) is 4.12. The van der Waals surface area contributed by atoms with Crippen LogP contribution in [0.5, 0.6) is 0 Å². The van der Waals surface area contributed by atoms with Crippen LogP contribution in [0.3, 0.4) is 0 Å². The molecule has 0 saturated heterocycles. The molecule has 0 saturated carbocycles. The van der Waals surface area contributed by atoms with Crippen molar-refractivity contribution in [3.8, 4) is 0 Å². The largest absolute Gasteiger partial charge is 0.478 e. The van der Waals surface area contributed by atoms with Crippen LogP contribution < -0.4 is 5.32 Å². The van der Waals surface area contributed by atoms with E-state index in [9.17, 15) is 4.79 Å². The van der Waals surface area contributed by atoms with Crippen molar-refractivity contribution in [3.63, 3.8) is 0 Å². The Hall–Kier alpha value is -1.66. The highest BCUT2D eigenvalue weighted by molar-refractivity contribution is 5.88. The van der Waals surface area contributed by atoms with Crippen LogP contribution in [-0.4, -0.2) is 40.6 Å². The number of aromatic nitrogens is 2. The van der Waals surface area contributed by atoms with E-state index in [2.05, 4.69) is 17.0 Å². The molecular formula is C12H19N3O3. The van der Waals surface area contributed by atoms with Crippen molar-refractivity contribution in [2.45, 2.75) is 13.5 Å². The van der Waals surface area contributed by atoms with Crippen molar-refractivity contribution in [1.82, 2.24) is 15.1 Å². The molecular weight excluding hydrogens is 234 g/mol. The molecule has 0 aliphatic carbocycles. The summed E-state index contributed by atoms with van der Waals surface area (Å²) in [5.41, 5.74) is 1.87. The maximum absolute atomic E-state index is 10.9. The molecule has 6 heteroatoms. The molecule has 0 fully saturated rings. The highest BCUT2D eigenvalue weighted by Crippen LogP contribution is 2.06. The minimum atomic E-state index is -0.960. The van der Waals surface area contributed by atoms with E-state index in [1.165, 1.54) is 6.20 Å². The standard InChI is InChI=1S/C12H19N3O3/c1-9(2)8-18-5-4-13-7-11-10(12(16)17)6-14-15(11)3/h6,13H,1,4-5,7-8H2,2-3H3,(H,16,17). The monoisotopic (exact) mass is 253 g/mol. The Balaban J connectivity index is 2.33. The molecule has 0 atom stereocenters. The lowest BCUT2D eigenvalue weighted by molar-refractivity contribution is 0.0695. The number of carboxylic acids is 1. The predicted octanol–water partition coefficient (Wildman–Crippen LogP) is 0.801. The van der Waals surface area contributed by atoms with E-state index in [1.54, 1.807) is 11.7 Å². The summed E-state index contributed by atoms with van der Waals surface area (Å²) < 4.78 is 6.88. The summed E-state index contributed by atoms with van der Waals surface area (Å²) in [6, 6.07) is 0. The molecule has 1 aromatic rings. The summed E-state index contributed by atoms with van der Waals surface area (Å²) in [5, 5.41) is 16.0. The van der Waals surface area contributed by atoms with E-state index in [1.807, 2.05) is 6.92 Å². The third-order valence-corrected chi connectivity index (χ3v) is 2.36. The van der Waals surface area contributed by atoms with E-state index in [4.69, 9.17) is 9.84 Å². The quantitative estimate of drug-likeness (QED) is 0.529. The fourth-order valence-electron chi connectivity index (χ4n) is 1.45. The van der Waals surface area contributed by atoms with Crippen molar-refractivity contribution in [2.75, 3.05) is 19.8 Å². The average Bonchev–Trinajstić information content (AvgIpc) is 2.65. The molecule has 0 unspecified atom stereocenters. The third kappa shape index (κ3) is 4.31. The van der Waals surface area contributed by atoms with Gasteiger partial charge in [-0.3, -0.25) is 4.68 Å². The number of nitrogens with zero attached hydrogens (tertiary/aromatic N) is 2. The zero-order valence-corrected chi connectivity index (χ0v) is 10.8. The summed E-state index contributed by atoms with van der Waals surface area (Å²) in [6.07, 6.45) is 1.36. The van der Waals surface area contributed by atoms with Gasteiger partial charge >= 0.3 is 5.97 Å². The maximum Gasteiger partial charge on any atom is 0.339 e. The van der Waals surface area contributed by atoms with Gasteiger partial charge in [-0.25, -0.2) is 4.79 Å². The summed E-state index contributed by atoms with van der Waals surface area (Å²) in [6.45, 7) is 7.85. The van der Waals surface area contributed by atoms with Crippen molar-refractivity contribution >= 4 is 5.97 Å². The molecule has 1 rings (SSSR count). The number of carboxylic acid groups (broad SMARTS) is 1. The van der Waals surface area contributed by atoms with E-state index in [0.29, 0.717) is 32.0 Å². The second-order valence-electron chi connectivity index (χ2n) is 4.12. The molecule has 0 aromatic carbocycles. The van der Waals surface area contributed by atoms with Crippen LogP contribution in [-0.2, 0) is 18.3 Å². The van der Waals surface area contributed by atoms with Gasteiger partial charge in [0.25, 0.3) is 0 Å². The van der Waals surface area contributed by atoms with Gasteiger partial charge in [-0.15, -0.1) is 0 Å². The molecule has 0 amide bonds. The molecule has 18 heavy (non-hydrogen) atoms. The average molecular weight is 253 g/mol. The Bertz CT molecular complexity index is 426. The van der Waals surface area contributed by atoms with Crippen molar-refractivity contribution in [2.24, 2.45) is 7.05 Å². The Morgan fingerprint density at radius 1 is 1.67 bits per heavy atom. The Morgan fingerprint density at radius 3 is 3.00 bits per heavy atom. The fraction of sp³-hybridized carbons (Fsp3) is 0.500. The molecule has 0 bridgehead atoms. The lowest BCUT2D eigenvalue weighted by atomic mass is 10.2. The minimum absolute atomic E-state index is 0.229. The smallest absolute Gasteiger partial charge is 0.339 e.